The fraction of sp³-hybridized carbons (Fsp3) is 0.500. The maximum atomic E-state index is 12.5. The molecule has 124 valence electrons. The van der Waals surface area contributed by atoms with Crippen LogP contribution in [0.15, 0.2) is 14.6 Å². The Morgan fingerprint density at radius 1 is 1.26 bits per heavy atom. The van der Waals surface area contributed by atoms with E-state index in [0.717, 1.165) is 16.3 Å². The van der Waals surface area contributed by atoms with Crippen molar-refractivity contribution in [2.75, 3.05) is 7.11 Å². The van der Waals surface area contributed by atoms with Crippen LogP contribution in [0.4, 0.5) is 0 Å². The lowest BCUT2D eigenvalue weighted by Crippen LogP contribution is -2.38. The molecule has 23 heavy (non-hydrogen) atoms. The van der Waals surface area contributed by atoms with Gasteiger partial charge < -0.3 is 4.74 Å². The molecule has 0 spiro atoms. The summed E-state index contributed by atoms with van der Waals surface area (Å²) in [5, 5.41) is 0.118. The van der Waals surface area contributed by atoms with E-state index in [4.69, 9.17) is 4.74 Å². The van der Waals surface area contributed by atoms with Gasteiger partial charge in [0, 0.05) is 14.1 Å². The Kier molecular flexibility index (Phi) is 4.88. The number of fused-ring (bicyclic) bond motifs is 1. The van der Waals surface area contributed by atoms with Crippen molar-refractivity contribution in [1.29, 1.82) is 0 Å². The number of rotatable bonds is 4. The molecule has 0 unspecified atom stereocenters. The molecular formula is C14H18N4O4S. The Morgan fingerprint density at radius 2 is 1.91 bits per heavy atom. The van der Waals surface area contributed by atoms with Gasteiger partial charge in [-0.15, -0.1) is 0 Å². The summed E-state index contributed by atoms with van der Waals surface area (Å²) >= 11 is 1.15. The van der Waals surface area contributed by atoms with E-state index >= 15 is 0 Å². The smallest absolute Gasteiger partial charge is 0.332 e. The Labute approximate surface area is 136 Å². The fourth-order valence-corrected chi connectivity index (χ4v) is 3.29. The maximum absolute atomic E-state index is 12.5. The average molecular weight is 338 g/mol. The summed E-state index contributed by atoms with van der Waals surface area (Å²) in [5.41, 5.74) is -0.685. The van der Waals surface area contributed by atoms with Crippen LogP contribution in [0.2, 0.25) is 0 Å². The summed E-state index contributed by atoms with van der Waals surface area (Å²) in [4.78, 5) is 44.8. The van der Waals surface area contributed by atoms with E-state index in [2.05, 4.69) is 9.97 Å². The lowest BCUT2D eigenvalue weighted by molar-refractivity contribution is -0.140. The number of hydrogen-bond donors (Lipinski definition) is 0. The number of carbonyl (C=O) groups excluding carboxylic acids is 1. The minimum Gasteiger partial charge on any atom is -0.468 e. The Morgan fingerprint density at radius 3 is 2.48 bits per heavy atom. The SMILES string of the molecule is CC[C@@H](Sc1nc(C)nc2c1c(=O)n(C)c(=O)n2C)C(=O)OC. The second-order valence-electron chi connectivity index (χ2n) is 5.02. The molecule has 0 fully saturated rings. The van der Waals surface area contributed by atoms with Gasteiger partial charge >= 0.3 is 11.7 Å². The van der Waals surface area contributed by atoms with Gasteiger partial charge in [0.2, 0.25) is 0 Å². The van der Waals surface area contributed by atoms with Gasteiger partial charge in [-0.25, -0.2) is 14.8 Å². The van der Waals surface area contributed by atoms with Gasteiger partial charge in [-0.3, -0.25) is 18.7 Å². The van der Waals surface area contributed by atoms with Crippen LogP contribution in [0.25, 0.3) is 11.0 Å². The molecule has 0 aromatic carbocycles. The van der Waals surface area contributed by atoms with Crippen LogP contribution in [-0.4, -0.2) is 37.4 Å². The summed E-state index contributed by atoms with van der Waals surface area (Å²) in [5.74, 6) is 0.0338. The molecule has 2 aromatic rings. The first-order valence-corrected chi connectivity index (χ1v) is 7.88. The number of nitrogens with zero attached hydrogens (tertiary/aromatic N) is 4. The van der Waals surface area contributed by atoms with Crippen molar-refractivity contribution in [3.8, 4) is 0 Å². The standard InChI is InChI=1S/C14H18N4O4S/c1-6-8(13(20)22-5)23-11-9-10(15-7(2)16-11)17(3)14(21)18(4)12(9)19/h8H,6H2,1-5H3/t8-/m1/s1. The number of aromatic nitrogens is 4. The van der Waals surface area contributed by atoms with Crippen LogP contribution >= 0.6 is 11.8 Å². The monoisotopic (exact) mass is 338 g/mol. The average Bonchev–Trinajstić information content (AvgIpc) is 2.54. The van der Waals surface area contributed by atoms with Crippen molar-refractivity contribution < 1.29 is 9.53 Å². The molecule has 0 aliphatic carbocycles. The second kappa shape index (κ2) is 6.53. The van der Waals surface area contributed by atoms with Crippen LogP contribution in [0.1, 0.15) is 19.2 Å². The lowest BCUT2D eigenvalue weighted by Gasteiger charge is -2.14. The summed E-state index contributed by atoms with van der Waals surface area (Å²) in [7, 11) is 4.26. The van der Waals surface area contributed by atoms with Crippen molar-refractivity contribution in [2.45, 2.75) is 30.5 Å². The number of esters is 1. The maximum Gasteiger partial charge on any atom is 0.332 e. The highest BCUT2D eigenvalue weighted by molar-refractivity contribution is 8.00. The van der Waals surface area contributed by atoms with Crippen LogP contribution in [0.3, 0.4) is 0 Å². The number of thioether (sulfide) groups is 1. The lowest BCUT2D eigenvalue weighted by atomic mass is 10.3. The first-order chi connectivity index (χ1) is 10.8. The predicted molar refractivity (Wildman–Crippen MR) is 86.7 cm³/mol. The molecule has 1 atom stereocenters. The Hall–Kier alpha value is -2.16. The van der Waals surface area contributed by atoms with E-state index in [-0.39, 0.29) is 17.0 Å². The highest BCUT2D eigenvalue weighted by Crippen LogP contribution is 2.28. The van der Waals surface area contributed by atoms with E-state index in [1.165, 1.54) is 18.7 Å². The third-order valence-corrected chi connectivity index (χ3v) is 4.80. The first kappa shape index (κ1) is 17.2. The van der Waals surface area contributed by atoms with Crippen molar-refractivity contribution >= 4 is 28.8 Å². The molecule has 0 saturated heterocycles. The molecule has 0 bridgehead atoms. The molecule has 2 aromatic heterocycles. The molecule has 0 saturated carbocycles. The van der Waals surface area contributed by atoms with Gasteiger partial charge in [0.25, 0.3) is 5.56 Å². The molecule has 2 heterocycles. The van der Waals surface area contributed by atoms with Gasteiger partial charge in [0.05, 0.1) is 7.11 Å². The first-order valence-electron chi connectivity index (χ1n) is 7.00. The van der Waals surface area contributed by atoms with E-state index in [9.17, 15) is 14.4 Å². The molecule has 9 heteroatoms. The largest absolute Gasteiger partial charge is 0.468 e. The third-order valence-electron chi connectivity index (χ3n) is 3.47. The van der Waals surface area contributed by atoms with Gasteiger partial charge in [-0.2, -0.15) is 0 Å². The molecule has 0 N–H and O–H groups in total. The number of ether oxygens (including phenoxy) is 1. The third kappa shape index (κ3) is 3.00. The minimum atomic E-state index is -0.487. The minimum absolute atomic E-state index is 0.229. The predicted octanol–water partition coefficient (Wildman–Crippen LogP) is 0.379. The van der Waals surface area contributed by atoms with Crippen molar-refractivity contribution in [3.05, 3.63) is 26.7 Å². The van der Waals surface area contributed by atoms with Crippen molar-refractivity contribution in [3.63, 3.8) is 0 Å². The second-order valence-corrected chi connectivity index (χ2v) is 6.21. The number of hydrogen-bond acceptors (Lipinski definition) is 7. The van der Waals surface area contributed by atoms with Crippen LogP contribution in [0.5, 0.6) is 0 Å². The fourth-order valence-electron chi connectivity index (χ4n) is 2.18. The zero-order chi connectivity index (χ0) is 17.3. The molecule has 0 amide bonds. The summed E-state index contributed by atoms with van der Waals surface area (Å²) < 4.78 is 7.08. The van der Waals surface area contributed by atoms with Crippen molar-refractivity contribution in [2.24, 2.45) is 14.1 Å². The van der Waals surface area contributed by atoms with Gasteiger partial charge in [0.15, 0.2) is 5.65 Å². The van der Waals surface area contributed by atoms with Gasteiger partial charge in [-0.1, -0.05) is 18.7 Å². The van der Waals surface area contributed by atoms with Gasteiger partial charge in [-0.05, 0) is 13.3 Å². The van der Waals surface area contributed by atoms with E-state index in [1.807, 2.05) is 6.92 Å². The number of carbonyl (C=O) groups is 1. The molecule has 0 aliphatic rings. The molecule has 0 radical (unpaired) electrons. The normalized spacial score (nSPS) is 12.4. The Bertz CT molecular complexity index is 887. The summed E-state index contributed by atoms with van der Waals surface area (Å²) in [6.45, 7) is 3.52. The van der Waals surface area contributed by atoms with E-state index in [1.54, 1.807) is 14.0 Å². The number of aryl methyl sites for hydroxylation is 2. The quantitative estimate of drug-likeness (QED) is 0.452. The van der Waals surface area contributed by atoms with Crippen LogP contribution < -0.4 is 11.2 Å². The van der Waals surface area contributed by atoms with E-state index < -0.39 is 16.5 Å². The van der Waals surface area contributed by atoms with Crippen LogP contribution in [0, 0.1) is 6.92 Å². The zero-order valence-corrected chi connectivity index (χ0v) is 14.4. The summed E-state index contributed by atoms with van der Waals surface area (Å²) in [6, 6.07) is 0. The summed E-state index contributed by atoms with van der Waals surface area (Å²) in [6.07, 6.45) is 0.522. The van der Waals surface area contributed by atoms with Crippen molar-refractivity contribution in [1.82, 2.24) is 19.1 Å². The van der Waals surface area contributed by atoms with Crippen LogP contribution in [-0.2, 0) is 23.6 Å². The zero-order valence-electron chi connectivity index (χ0n) is 13.6. The highest BCUT2D eigenvalue weighted by atomic mass is 32.2. The molecule has 8 nitrogen and oxygen atoms in total. The number of methoxy groups -OCH3 is 1. The van der Waals surface area contributed by atoms with Gasteiger partial charge in [0.1, 0.15) is 21.5 Å². The van der Waals surface area contributed by atoms with E-state index in [0.29, 0.717) is 17.3 Å². The topological polar surface area (TPSA) is 96.1 Å². The Balaban J connectivity index is 2.76. The highest BCUT2D eigenvalue weighted by Gasteiger charge is 2.23. The molecular weight excluding hydrogens is 320 g/mol. The molecule has 0 aliphatic heterocycles. The molecule has 2 rings (SSSR count).